The van der Waals surface area contributed by atoms with Gasteiger partial charge in [-0.2, -0.15) is 4.98 Å². The number of aryl methyl sites for hydroxylation is 1. The molecule has 1 saturated heterocycles. The number of thiazole rings is 1. The van der Waals surface area contributed by atoms with Crippen LogP contribution in [0.25, 0.3) is 20.8 Å². The first kappa shape index (κ1) is 25.3. The number of hydrogen-bond donors (Lipinski definition) is 5. The summed E-state index contributed by atoms with van der Waals surface area (Å²) in [5.41, 5.74) is 1.30. The second-order valence-corrected chi connectivity index (χ2v) is 11.5. The third kappa shape index (κ3) is 5.19. The van der Waals surface area contributed by atoms with Crippen LogP contribution in [0.1, 0.15) is 45.2 Å². The minimum atomic E-state index is -1.12. The molecule has 1 saturated carbocycles. The lowest BCUT2D eigenvalue weighted by Gasteiger charge is -2.28. The van der Waals surface area contributed by atoms with E-state index < -0.39 is 29.8 Å². The maximum Gasteiger partial charge on any atom is 0.224 e. The number of fused-ring (bicyclic) bond motifs is 1. The van der Waals surface area contributed by atoms with Crippen LogP contribution in [0.15, 0.2) is 24.3 Å². The van der Waals surface area contributed by atoms with Gasteiger partial charge in [-0.05, 0) is 58.6 Å². The standard InChI is InChI=1S/C26H35N5O4S/c1-14-20(24-30-17-9-4-5-10-19(17)36-24)23(29-18-12-16(26(2,3)34)21(32)22(18)33)31-25(28-14)27-13-15-8-6-7-11-35-15/h4-5,9-10,15-16,18,21-22,32-34H,6-8,11-13H2,1-3H3,(H2,27,28,29,31). The van der Waals surface area contributed by atoms with Crippen LogP contribution in [0.5, 0.6) is 0 Å². The molecule has 3 aromatic rings. The van der Waals surface area contributed by atoms with Crippen molar-refractivity contribution >= 4 is 33.3 Å². The lowest BCUT2D eigenvalue weighted by atomic mass is 9.88. The van der Waals surface area contributed by atoms with Crippen LogP contribution in [0.3, 0.4) is 0 Å². The molecule has 2 aliphatic rings. The molecule has 36 heavy (non-hydrogen) atoms. The highest BCUT2D eigenvalue weighted by atomic mass is 32.1. The average molecular weight is 514 g/mol. The van der Waals surface area contributed by atoms with Crippen molar-refractivity contribution < 1.29 is 20.1 Å². The van der Waals surface area contributed by atoms with E-state index in [1.807, 2.05) is 31.2 Å². The van der Waals surface area contributed by atoms with Crippen LogP contribution in [0.2, 0.25) is 0 Å². The number of nitrogens with zero attached hydrogens (tertiary/aromatic N) is 3. The molecule has 0 spiro atoms. The molecule has 1 aliphatic heterocycles. The van der Waals surface area contributed by atoms with Gasteiger partial charge < -0.3 is 30.7 Å². The largest absolute Gasteiger partial charge is 0.390 e. The molecule has 3 heterocycles. The molecule has 5 rings (SSSR count). The average Bonchev–Trinajstić information content (AvgIpc) is 3.39. The van der Waals surface area contributed by atoms with Crippen molar-refractivity contribution in [1.82, 2.24) is 15.0 Å². The molecule has 2 fully saturated rings. The SMILES string of the molecule is Cc1nc(NCC2CCCCO2)nc(NC2CC(C(C)(C)O)C(O)C2O)c1-c1nc2ccccc2s1. The Morgan fingerprint density at radius 1 is 1.11 bits per heavy atom. The van der Waals surface area contributed by atoms with Gasteiger partial charge in [-0.3, -0.25) is 0 Å². The Morgan fingerprint density at radius 2 is 1.92 bits per heavy atom. The first-order valence-electron chi connectivity index (χ1n) is 12.7. The Morgan fingerprint density at radius 3 is 2.61 bits per heavy atom. The molecule has 5 unspecified atom stereocenters. The topological polar surface area (TPSA) is 133 Å². The summed E-state index contributed by atoms with van der Waals surface area (Å²) >= 11 is 1.56. The van der Waals surface area contributed by atoms with Gasteiger partial charge in [0.15, 0.2) is 0 Å². The molecular weight excluding hydrogens is 478 g/mol. The number of rotatable bonds is 7. The van der Waals surface area contributed by atoms with Crippen molar-refractivity contribution in [3.8, 4) is 10.6 Å². The Balaban J connectivity index is 1.48. The van der Waals surface area contributed by atoms with Crippen molar-refractivity contribution in [2.24, 2.45) is 5.92 Å². The van der Waals surface area contributed by atoms with Crippen LogP contribution in [0, 0.1) is 12.8 Å². The van der Waals surface area contributed by atoms with E-state index in [9.17, 15) is 15.3 Å². The summed E-state index contributed by atoms with van der Waals surface area (Å²) in [5.74, 6) is 0.544. The zero-order valence-corrected chi connectivity index (χ0v) is 21.8. The second kappa shape index (κ2) is 10.2. The Hall–Kier alpha value is -2.37. The van der Waals surface area contributed by atoms with Crippen LogP contribution in [-0.4, -0.2) is 73.4 Å². The molecule has 1 aromatic carbocycles. The molecule has 5 atom stereocenters. The Labute approximate surface area is 215 Å². The van der Waals surface area contributed by atoms with Crippen molar-refractivity contribution in [3.05, 3.63) is 30.0 Å². The first-order chi connectivity index (χ1) is 17.2. The van der Waals surface area contributed by atoms with Gasteiger partial charge in [0, 0.05) is 19.1 Å². The van der Waals surface area contributed by atoms with E-state index in [0.29, 0.717) is 24.7 Å². The van der Waals surface area contributed by atoms with E-state index in [2.05, 4.69) is 10.6 Å². The van der Waals surface area contributed by atoms with E-state index in [4.69, 9.17) is 19.7 Å². The second-order valence-electron chi connectivity index (χ2n) is 10.4. The minimum Gasteiger partial charge on any atom is -0.390 e. The van der Waals surface area contributed by atoms with Crippen molar-refractivity contribution in [2.75, 3.05) is 23.8 Å². The fourth-order valence-corrected chi connectivity index (χ4v) is 6.28. The lowest BCUT2D eigenvalue weighted by molar-refractivity contribution is -0.0601. The van der Waals surface area contributed by atoms with Crippen molar-refractivity contribution in [2.45, 2.75) is 76.4 Å². The van der Waals surface area contributed by atoms with E-state index >= 15 is 0 Å². The number of benzene rings is 1. The van der Waals surface area contributed by atoms with E-state index in [0.717, 1.165) is 52.4 Å². The zero-order chi connectivity index (χ0) is 25.4. The summed E-state index contributed by atoms with van der Waals surface area (Å²) in [4.78, 5) is 14.3. The number of aliphatic hydroxyl groups excluding tert-OH is 2. The number of para-hydroxylation sites is 1. The van der Waals surface area contributed by atoms with Gasteiger partial charge in [0.25, 0.3) is 0 Å². The molecule has 9 nitrogen and oxygen atoms in total. The Kier molecular flexibility index (Phi) is 7.15. The van der Waals surface area contributed by atoms with Gasteiger partial charge in [0.1, 0.15) is 16.9 Å². The van der Waals surface area contributed by atoms with Crippen LogP contribution >= 0.6 is 11.3 Å². The van der Waals surface area contributed by atoms with Crippen LogP contribution < -0.4 is 10.6 Å². The summed E-state index contributed by atoms with van der Waals surface area (Å²) in [7, 11) is 0. The van der Waals surface area contributed by atoms with Gasteiger partial charge in [0.05, 0.1) is 45.3 Å². The molecule has 194 valence electrons. The summed E-state index contributed by atoms with van der Waals surface area (Å²) in [5, 5.41) is 39.5. The molecule has 1 aliphatic carbocycles. The number of aliphatic hydroxyl groups is 3. The maximum absolute atomic E-state index is 10.8. The Bertz CT molecular complexity index is 1170. The number of aromatic nitrogens is 3. The minimum absolute atomic E-state index is 0.127. The molecule has 0 bridgehead atoms. The third-order valence-corrected chi connectivity index (χ3v) is 8.33. The fraction of sp³-hybridized carbons (Fsp3) is 0.577. The molecule has 2 aromatic heterocycles. The summed E-state index contributed by atoms with van der Waals surface area (Å²) in [6.07, 6.45) is 1.68. The highest BCUT2D eigenvalue weighted by molar-refractivity contribution is 7.21. The predicted molar refractivity (Wildman–Crippen MR) is 141 cm³/mol. The molecule has 10 heteroatoms. The van der Waals surface area contributed by atoms with E-state index in [1.54, 1.807) is 25.2 Å². The number of hydrogen-bond acceptors (Lipinski definition) is 10. The normalized spacial score (nSPS) is 26.9. The van der Waals surface area contributed by atoms with Gasteiger partial charge in [0.2, 0.25) is 5.95 Å². The zero-order valence-electron chi connectivity index (χ0n) is 20.9. The van der Waals surface area contributed by atoms with Gasteiger partial charge >= 0.3 is 0 Å². The highest BCUT2D eigenvalue weighted by Crippen LogP contribution is 2.40. The van der Waals surface area contributed by atoms with E-state index in [1.165, 1.54) is 0 Å². The molecule has 5 N–H and O–H groups in total. The smallest absolute Gasteiger partial charge is 0.224 e. The molecule has 0 radical (unpaired) electrons. The van der Waals surface area contributed by atoms with Crippen LogP contribution in [0.4, 0.5) is 11.8 Å². The van der Waals surface area contributed by atoms with Crippen molar-refractivity contribution in [3.63, 3.8) is 0 Å². The highest BCUT2D eigenvalue weighted by Gasteiger charge is 2.48. The number of nitrogens with one attached hydrogen (secondary N) is 2. The quantitative estimate of drug-likeness (QED) is 0.323. The number of ether oxygens (including phenoxy) is 1. The first-order valence-corrected chi connectivity index (χ1v) is 13.5. The van der Waals surface area contributed by atoms with Gasteiger partial charge in [-0.15, -0.1) is 11.3 Å². The molecular formula is C26H35N5O4S. The summed E-state index contributed by atoms with van der Waals surface area (Å²) < 4.78 is 6.90. The van der Waals surface area contributed by atoms with Crippen molar-refractivity contribution in [1.29, 1.82) is 0 Å². The van der Waals surface area contributed by atoms with Crippen LogP contribution in [-0.2, 0) is 4.74 Å². The monoisotopic (exact) mass is 513 g/mol. The predicted octanol–water partition coefficient (Wildman–Crippen LogP) is 3.34. The van der Waals surface area contributed by atoms with Gasteiger partial charge in [-0.1, -0.05) is 12.1 Å². The number of anilines is 2. The summed E-state index contributed by atoms with van der Waals surface area (Å²) in [6.45, 7) is 6.64. The maximum atomic E-state index is 10.8. The van der Waals surface area contributed by atoms with Gasteiger partial charge in [-0.25, -0.2) is 9.97 Å². The summed E-state index contributed by atoms with van der Waals surface area (Å²) in [6, 6.07) is 7.46. The fourth-order valence-electron chi connectivity index (χ4n) is 5.22. The molecule has 0 amide bonds. The van der Waals surface area contributed by atoms with E-state index in [-0.39, 0.29) is 6.10 Å². The lowest BCUT2D eigenvalue weighted by Crippen LogP contribution is -2.40. The third-order valence-electron chi connectivity index (χ3n) is 7.27.